The molecule has 2 unspecified atom stereocenters. The molecule has 1 aromatic rings. The lowest BCUT2D eigenvalue weighted by molar-refractivity contribution is -0.385. The molecule has 0 saturated carbocycles. The van der Waals surface area contributed by atoms with Crippen LogP contribution in [0.4, 0.5) is 10.5 Å². The Hall–Kier alpha value is -2.77. The molecule has 0 aliphatic carbocycles. The second kappa shape index (κ2) is 9.29. The van der Waals surface area contributed by atoms with E-state index in [0.717, 1.165) is 0 Å². The van der Waals surface area contributed by atoms with E-state index in [9.17, 15) is 19.7 Å². The first-order valence-corrected chi connectivity index (χ1v) is 6.81. The summed E-state index contributed by atoms with van der Waals surface area (Å²) in [6.07, 6.45) is -1.59. The zero-order chi connectivity index (χ0) is 18.2. The lowest BCUT2D eigenvalue weighted by Gasteiger charge is -2.20. The van der Waals surface area contributed by atoms with E-state index in [1.54, 1.807) is 32.0 Å². The molecule has 8 nitrogen and oxygen atoms in total. The molecule has 1 aromatic carbocycles. The summed E-state index contributed by atoms with van der Waals surface area (Å²) in [5.74, 6) is -1.61. The highest BCUT2D eigenvalue weighted by Gasteiger charge is 2.33. The van der Waals surface area contributed by atoms with E-state index in [4.69, 9.17) is 15.0 Å². The maximum atomic E-state index is 12.1. The summed E-state index contributed by atoms with van der Waals surface area (Å²) in [5.41, 5.74) is 0.212. The number of hydrogen-bond acceptors (Lipinski definition) is 5. The summed E-state index contributed by atoms with van der Waals surface area (Å²) >= 11 is 0. The molecule has 2 N–H and O–H groups in total. The first kappa shape index (κ1) is 20.2. The topological polar surface area (TPSA) is 135 Å². The van der Waals surface area contributed by atoms with Crippen LogP contribution < -0.4 is 0 Å². The Morgan fingerprint density at radius 2 is 1.70 bits per heavy atom. The van der Waals surface area contributed by atoms with Crippen molar-refractivity contribution in [2.45, 2.75) is 33.1 Å². The van der Waals surface area contributed by atoms with Crippen LogP contribution in [-0.4, -0.2) is 32.9 Å². The van der Waals surface area contributed by atoms with Gasteiger partial charge in [0.25, 0.3) is 5.69 Å². The molecule has 0 aliphatic heterocycles. The van der Waals surface area contributed by atoms with Gasteiger partial charge in [0.1, 0.15) is 11.6 Å². The van der Waals surface area contributed by atoms with E-state index in [1.807, 2.05) is 0 Å². The normalized spacial score (nSPS) is 12.3. The van der Waals surface area contributed by atoms with Gasteiger partial charge in [-0.2, -0.15) is 0 Å². The van der Waals surface area contributed by atoms with Crippen molar-refractivity contribution in [3.8, 4) is 0 Å². The van der Waals surface area contributed by atoms with Gasteiger partial charge in [0.15, 0.2) is 0 Å². The minimum atomic E-state index is -1.83. The molecule has 2 atom stereocenters. The Morgan fingerprint density at radius 3 is 2.09 bits per heavy atom. The summed E-state index contributed by atoms with van der Waals surface area (Å²) in [7, 11) is 0. The van der Waals surface area contributed by atoms with Crippen molar-refractivity contribution in [2.24, 2.45) is 5.92 Å². The third-order valence-corrected chi connectivity index (χ3v) is 3.31. The van der Waals surface area contributed by atoms with Gasteiger partial charge >= 0.3 is 6.16 Å². The number of nitro groups is 1. The number of carbonyl (C=O) groups excluding carboxylic acids is 2. The lowest BCUT2D eigenvalue weighted by Crippen LogP contribution is -2.25. The second-order valence-electron chi connectivity index (χ2n) is 4.80. The van der Waals surface area contributed by atoms with Crippen molar-refractivity contribution in [3.05, 3.63) is 39.9 Å². The van der Waals surface area contributed by atoms with E-state index >= 15 is 0 Å². The van der Waals surface area contributed by atoms with Crippen LogP contribution in [-0.2, 0) is 9.59 Å². The maximum absolute atomic E-state index is 12.1. The van der Waals surface area contributed by atoms with Crippen LogP contribution in [0.25, 0.3) is 0 Å². The van der Waals surface area contributed by atoms with Crippen LogP contribution in [0.1, 0.15) is 38.7 Å². The Kier molecular flexibility index (Phi) is 8.17. The first-order valence-electron chi connectivity index (χ1n) is 6.81. The standard InChI is InChI=1S/C14H17NO4.CH2O3/c1-4-13(17)14(9(2)10(3)16)11-7-5-6-8-12(11)15(18)19;2-1(3)4/h5-9,14H,4H2,1-3H3;(H2,2,3,4). The SMILES string of the molecule is CCC(=O)C(c1ccccc1[N+](=O)[O-])C(C)C(C)=O.O=C(O)O. The summed E-state index contributed by atoms with van der Waals surface area (Å²) in [4.78, 5) is 42.7. The maximum Gasteiger partial charge on any atom is 0.503 e. The average molecular weight is 325 g/mol. The predicted molar refractivity (Wildman–Crippen MR) is 81.6 cm³/mol. The number of nitrogens with zero attached hydrogens (tertiary/aromatic N) is 1. The highest BCUT2D eigenvalue weighted by molar-refractivity contribution is 5.93. The number of nitro benzene ring substituents is 1. The molecule has 0 fully saturated rings. The number of hydrogen-bond donors (Lipinski definition) is 2. The van der Waals surface area contributed by atoms with Crippen LogP contribution in [0, 0.1) is 16.0 Å². The van der Waals surface area contributed by atoms with Crippen molar-refractivity contribution >= 4 is 23.4 Å². The van der Waals surface area contributed by atoms with Crippen molar-refractivity contribution in [2.75, 3.05) is 0 Å². The fraction of sp³-hybridized carbons (Fsp3) is 0.400. The Morgan fingerprint density at radius 1 is 1.22 bits per heavy atom. The molecule has 23 heavy (non-hydrogen) atoms. The van der Waals surface area contributed by atoms with Gasteiger partial charge in [-0.3, -0.25) is 19.7 Å². The molecule has 0 aromatic heterocycles. The van der Waals surface area contributed by atoms with Crippen LogP contribution in [0.15, 0.2) is 24.3 Å². The zero-order valence-corrected chi connectivity index (χ0v) is 13.1. The number of carboxylic acid groups (broad SMARTS) is 2. The fourth-order valence-corrected chi connectivity index (χ4v) is 2.09. The van der Waals surface area contributed by atoms with Crippen LogP contribution in [0.3, 0.4) is 0 Å². The lowest BCUT2D eigenvalue weighted by atomic mass is 9.80. The molecule has 0 heterocycles. The van der Waals surface area contributed by atoms with E-state index in [0.29, 0.717) is 5.56 Å². The number of rotatable bonds is 6. The van der Waals surface area contributed by atoms with E-state index in [2.05, 4.69) is 0 Å². The highest BCUT2D eigenvalue weighted by atomic mass is 16.6. The number of carbonyl (C=O) groups is 3. The third-order valence-electron chi connectivity index (χ3n) is 3.31. The van der Waals surface area contributed by atoms with E-state index < -0.39 is 22.9 Å². The quantitative estimate of drug-likeness (QED) is 0.606. The summed E-state index contributed by atoms with van der Waals surface area (Å²) in [6, 6.07) is 6.10. The molecular weight excluding hydrogens is 306 g/mol. The van der Waals surface area contributed by atoms with E-state index in [-0.39, 0.29) is 23.7 Å². The number of Topliss-reactive ketones (excluding diaryl/α,β-unsaturated/α-hetero) is 2. The van der Waals surface area contributed by atoms with Gasteiger partial charge in [0.2, 0.25) is 0 Å². The smallest absolute Gasteiger partial charge is 0.450 e. The third kappa shape index (κ3) is 6.25. The monoisotopic (exact) mass is 325 g/mol. The van der Waals surface area contributed by atoms with Crippen molar-refractivity contribution in [1.29, 1.82) is 0 Å². The molecule has 0 spiro atoms. The van der Waals surface area contributed by atoms with Gasteiger partial charge in [0, 0.05) is 24.0 Å². The Balaban J connectivity index is 0.00000108. The molecule has 1 rings (SSSR count). The fourth-order valence-electron chi connectivity index (χ4n) is 2.09. The summed E-state index contributed by atoms with van der Waals surface area (Å²) in [5, 5.41) is 25.0. The molecule has 0 saturated heterocycles. The molecule has 0 radical (unpaired) electrons. The second-order valence-corrected chi connectivity index (χ2v) is 4.80. The van der Waals surface area contributed by atoms with Gasteiger partial charge in [0.05, 0.1) is 10.8 Å². The molecule has 0 amide bonds. The van der Waals surface area contributed by atoms with Crippen LogP contribution >= 0.6 is 0 Å². The van der Waals surface area contributed by atoms with E-state index in [1.165, 1.54) is 13.0 Å². The Bertz CT molecular complexity index is 593. The van der Waals surface area contributed by atoms with Crippen LogP contribution in [0.5, 0.6) is 0 Å². The highest BCUT2D eigenvalue weighted by Crippen LogP contribution is 2.33. The Labute approximate surface area is 132 Å². The first-order chi connectivity index (χ1) is 10.6. The summed E-state index contributed by atoms with van der Waals surface area (Å²) in [6.45, 7) is 4.73. The van der Waals surface area contributed by atoms with Gasteiger partial charge in [-0.15, -0.1) is 0 Å². The molecule has 8 heteroatoms. The van der Waals surface area contributed by atoms with Crippen molar-refractivity contribution < 1.29 is 29.5 Å². The predicted octanol–water partition coefficient (Wildman–Crippen LogP) is 3.11. The molecule has 0 bridgehead atoms. The summed E-state index contributed by atoms with van der Waals surface area (Å²) < 4.78 is 0. The molecule has 126 valence electrons. The number of benzene rings is 1. The number of para-hydroxylation sites is 1. The number of ketones is 2. The molecular formula is C15H19NO7. The van der Waals surface area contributed by atoms with Crippen molar-refractivity contribution in [1.82, 2.24) is 0 Å². The molecule has 0 aliphatic rings. The average Bonchev–Trinajstić information content (AvgIpc) is 2.46. The van der Waals surface area contributed by atoms with Gasteiger partial charge in [-0.05, 0) is 6.92 Å². The van der Waals surface area contributed by atoms with Gasteiger partial charge in [-0.1, -0.05) is 32.0 Å². The van der Waals surface area contributed by atoms with Gasteiger partial charge < -0.3 is 10.2 Å². The minimum absolute atomic E-state index is 0.109. The largest absolute Gasteiger partial charge is 0.503 e. The minimum Gasteiger partial charge on any atom is -0.450 e. The van der Waals surface area contributed by atoms with Crippen molar-refractivity contribution in [3.63, 3.8) is 0 Å². The van der Waals surface area contributed by atoms with Gasteiger partial charge in [-0.25, -0.2) is 4.79 Å². The van der Waals surface area contributed by atoms with Crippen LogP contribution in [0.2, 0.25) is 0 Å². The zero-order valence-electron chi connectivity index (χ0n) is 13.1.